The molecule has 4 nitrogen and oxygen atoms in total. The molecule has 2 rings (SSSR count). The average molecular weight is 195 g/mol. The minimum absolute atomic E-state index is 0.558. The Morgan fingerprint density at radius 2 is 2.43 bits per heavy atom. The van der Waals surface area contributed by atoms with Crippen molar-refractivity contribution >= 4 is 5.97 Å². The molecule has 0 saturated heterocycles. The van der Waals surface area contributed by atoms with Crippen LogP contribution in [0.3, 0.4) is 0 Å². The highest BCUT2D eigenvalue weighted by Crippen LogP contribution is 2.32. The summed E-state index contributed by atoms with van der Waals surface area (Å²) in [4.78, 5) is 11.0. The molecule has 1 fully saturated rings. The number of carboxylic acids is 1. The Morgan fingerprint density at radius 3 is 2.86 bits per heavy atom. The summed E-state index contributed by atoms with van der Waals surface area (Å²) in [5.41, 5.74) is 0.301. The molecule has 1 heterocycles. The third kappa shape index (κ3) is 1.53. The molecule has 1 aromatic rings. The number of rotatable bonds is 4. The third-order valence-corrected chi connectivity index (χ3v) is 2.83. The maximum Gasteiger partial charge on any atom is 0.323 e. The van der Waals surface area contributed by atoms with E-state index in [1.54, 1.807) is 12.5 Å². The molecule has 1 aliphatic rings. The summed E-state index contributed by atoms with van der Waals surface area (Å²) >= 11 is 0. The number of furan rings is 1. The van der Waals surface area contributed by atoms with Gasteiger partial charge in [0.05, 0.1) is 12.5 Å². The lowest BCUT2D eigenvalue weighted by Gasteiger charge is -2.38. The van der Waals surface area contributed by atoms with E-state index in [2.05, 4.69) is 5.32 Å². The molecule has 1 aromatic heterocycles. The molecule has 0 spiro atoms. The van der Waals surface area contributed by atoms with Gasteiger partial charge in [-0.3, -0.25) is 10.1 Å². The van der Waals surface area contributed by atoms with Crippen molar-refractivity contribution < 1.29 is 14.3 Å². The summed E-state index contributed by atoms with van der Waals surface area (Å²) in [7, 11) is 0. The van der Waals surface area contributed by atoms with Crippen LogP contribution in [-0.2, 0) is 11.3 Å². The highest BCUT2D eigenvalue weighted by Gasteiger charge is 2.43. The summed E-state index contributed by atoms with van der Waals surface area (Å²) in [5, 5.41) is 12.1. The molecule has 0 unspecified atom stereocenters. The van der Waals surface area contributed by atoms with Crippen molar-refractivity contribution in [3.63, 3.8) is 0 Å². The summed E-state index contributed by atoms with van der Waals surface area (Å²) < 4.78 is 4.90. The van der Waals surface area contributed by atoms with Gasteiger partial charge in [0.1, 0.15) is 5.54 Å². The quantitative estimate of drug-likeness (QED) is 0.761. The first-order valence-electron chi connectivity index (χ1n) is 4.72. The van der Waals surface area contributed by atoms with Crippen LogP contribution in [-0.4, -0.2) is 16.6 Å². The van der Waals surface area contributed by atoms with Gasteiger partial charge in [0.25, 0.3) is 0 Å². The van der Waals surface area contributed by atoms with Gasteiger partial charge >= 0.3 is 5.97 Å². The second kappa shape index (κ2) is 3.46. The van der Waals surface area contributed by atoms with Crippen LogP contribution in [0.15, 0.2) is 23.0 Å². The molecule has 4 heteroatoms. The first-order valence-corrected chi connectivity index (χ1v) is 4.72. The van der Waals surface area contributed by atoms with Crippen molar-refractivity contribution in [1.29, 1.82) is 0 Å². The molecular formula is C10H13NO3. The lowest BCUT2D eigenvalue weighted by atomic mass is 9.76. The Balaban J connectivity index is 1.93. The predicted molar refractivity (Wildman–Crippen MR) is 49.8 cm³/mol. The van der Waals surface area contributed by atoms with E-state index < -0.39 is 11.5 Å². The highest BCUT2D eigenvalue weighted by atomic mass is 16.4. The fourth-order valence-electron chi connectivity index (χ4n) is 1.66. The van der Waals surface area contributed by atoms with Crippen LogP contribution in [0, 0.1) is 0 Å². The maximum absolute atomic E-state index is 11.0. The van der Waals surface area contributed by atoms with E-state index in [0.29, 0.717) is 6.54 Å². The maximum atomic E-state index is 11.0. The Bertz CT molecular complexity index is 314. The molecule has 2 N–H and O–H groups in total. The lowest BCUT2D eigenvalue weighted by Crippen LogP contribution is -2.56. The van der Waals surface area contributed by atoms with E-state index >= 15 is 0 Å². The smallest absolute Gasteiger partial charge is 0.323 e. The van der Waals surface area contributed by atoms with Crippen molar-refractivity contribution in [1.82, 2.24) is 5.32 Å². The minimum atomic E-state index is -0.743. The zero-order chi connectivity index (χ0) is 10.0. The van der Waals surface area contributed by atoms with E-state index in [-0.39, 0.29) is 0 Å². The number of nitrogens with one attached hydrogen (secondary N) is 1. The van der Waals surface area contributed by atoms with Gasteiger partial charge in [0, 0.05) is 12.1 Å². The Labute approximate surface area is 81.9 Å². The van der Waals surface area contributed by atoms with Gasteiger partial charge in [0.15, 0.2) is 0 Å². The van der Waals surface area contributed by atoms with E-state index in [1.807, 2.05) is 6.07 Å². The van der Waals surface area contributed by atoms with Gasteiger partial charge in [-0.15, -0.1) is 0 Å². The van der Waals surface area contributed by atoms with Gasteiger partial charge in [-0.1, -0.05) is 0 Å². The number of aliphatic carboxylic acids is 1. The Hall–Kier alpha value is -1.29. The largest absolute Gasteiger partial charge is 0.480 e. The van der Waals surface area contributed by atoms with Crippen molar-refractivity contribution in [2.24, 2.45) is 0 Å². The van der Waals surface area contributed by atoms with E-state index in [0.717, 1.165) is 24.8 Å². The Morgan fingerprint density at radius 1 is 1.64 bits per heavy atom. The first-order chi connectivity index (χ1) is 6.73. The molecule has 14 heavy (non-hydrogen) atoms. The molecule has 0 aliphatic heterocycles. The fourth-order valence-corrected chi connectivity index (χ4v) is 1.66. The van der Waals surface area contributed by atoms with E-state index in [1.165, 1.54) is 0 Å². The molecule has 1 aliphatic carbocycles. The van der Waals surface area contributed by atoms with Crippen LogP contribution in [0.25, 0.3) is 0 Å². The molecule has 0 radical (unpaired) electrons. The molecule has 0 bridgehead atoms. The van der Waals surface area contributed by atoms with Crippen LogP contribution < -0.4 is 5.32 Å². The summed E-state index contributed by atoms with van der Waals surface area (Å²) in [6.07, 6.45) is 5.65. The molecule has 1 saturated carbocycles. The van der Waals surface area contributed by atoms with Crippen LogP contribution in [0.5, 0.6) is 0 Å². The van der Waals surface area contributed by atoms with E-state index in [4.69, 9.17) is 9.52 Å². The summed E-state index contributed by atoms with van der Waals surface area (Å²) in [5.74, 6) is -0.743. The number of hydrogen-bond donors (Lipinski definition) is 2. The summed E-state index contributed by atoms with van der Waals surface area (Å²) in [6.45, 7) is 0.558. The van der Waals surface area contributed by atoms with Crippen molar-refractivity contribution in [3.05, 3.63) is 24.2 Å². The standard InChI is InChI=1S/C10H13NO3/c12-9(13)10(3-1-4-10)11-6-8-2-5-14-7-8/h2,5,7,11H,1,3-4,6H2,(H,12,13). The SMILES string of the molecule is O=C(O)C1(NCc2ccoc2)CCC1. The van der Waals surface area contributed by atoms with E-state index in [9.17, 15) is 4.79 Å². The van der Waals surface area contributed by atoms with Crippen LogP contribution >= 0.6 is 0 Å². The summed E-state index contributed by atoms with van der Waals surface area (Å²) in [6, 6.07) is 1.83. The number of carboxylic acid groups (broad SMARTS) is 1. The van der Waals surface area contributed by atoms with Gasteiger partial charge in [-0.25, -0.2) is 0 Å². The molecule has 76 valence electrons. The normalized spacial score (nSPS) is 18.9. The average Bonchev–Trinajstić information content (AvgIpc) is 2.53. The van der Waals surface area contributed by atoms with Crippen molar-refractivity contribution in [2.75, 3.05) is 0 Å². The molecule has 0 amide bonds. The van der Waals surface area contributed by atoms with Crippen LogP contribution in [0.2, 0.25) is 0 Å². The zero-order valence-electron chi connectivity index (χ0n) is 7.82. The second-order valence-electron chi connectivity index (χ2n) is 3.73. The lowest BCUT2D eigenvalue weighted by molar-refractivity contribution is -0.148. The van der Waals surface area contributed by atoms with Gasteiger partial charge in [-0.2, -0.15) is 0 Å². The monoisotopic (exact) mass is 195 g/mol. The molecule has 0 atom stereocenters. The van der Waals surface area contributed by atoms with Crippen molar-refractivity contribution in [3.8, 4) is 0 Å². The fraction of sp³-hybridized carbons (Fsp3) is 0.500. The number of carbonyl (C=O) groups is 1. The zero-order valence-corrected chi connectivity index (χ0v) is 7.82. The third-order valence-electron chi connectivity index (χ3n) is 2.83. The number of hydrogen-bond acceptors (Lipinski definition) is 3. The molecular weight excluding hydrogens is 182 g/mol. The Kier molecular flexibility index (Phi) is 2.29. The van der Waals surface area contributed by atoms with Crippen LogP contribution in [0.4, 0.5) is 0 Å². The topological polar surface area (TPSA) is 62.5 Å². The van der Waals surface area contributed by atoms with Crippen molar-refractivity contribution in [2.45, 2.75) is 31.3 Å². The van der Waals surface area contributed by atoms with Crippen LogP contribution in [0.1, 0.15) is 24.8 Å². The highest BCUT2D eigenvalue weighted by molar-refractivity contribution is 5.79. The predicted octanol–water partition coefficient (Wildman–Crippen LogP) is 1.38. The first kappa shape index (κ1) is 9.27. The van der Waals surface area contributed by atoms with Gasteiger partial charge in [-0.05, 0) is 25.3 Å². The molecule has 0 aromatic carbocycles. The van der Waals surface area contributed by atoms with Gasteiger partial charge in [0.2, 0.25) is 0 Å². The van der Waals surface area contributed by atoms with Gasteiger partial charge < -0.3 is 9.52 Å². The minimum Gasteiger partial charge on any atom is -0.480 e. The second-order valence-corrected chi connectivity index (χ2v) is 3.73.